The molecule has 1 N–H and O–H groups in total. The molecule has 6 heteroatoms. The Morgan fingerprint density at radius 3 is 2.41 bits per heavy atom. The number of piperidine rings is 1. The second kappa shape index (κ2) is 8.72. The summed E-state index contributed by atoms with van der Waals surface area (Å²) in [6.45, 7) is 4.45. The van der Waals surface area contributed by atoms with E-state index in [4.69, 9.17) is 4.74 Å². The van der Waals surface area contributed by atoms with Crippen molar-refractivity contribution >= 4 is 18.3 Å². The summed E-state index contributed by atoms with van der Waals surface area (Å²) in [5.74, 6) is 0.902. The first-order valence-electron chi connectivity index (χ1n) is 9.36. The van der Waals surface area contributed by atoms with E-state index in [2.05, 4.69) is 10.3 Å². The van der Waals surface area contributed by atoms with Gasteiger partial charge in [-0.05, 0) is 73.2 Å². The van der Waals surface area contributed by atoms with Gasteiger partial charge in [-0.2, -0.15) is 0 Å². The number of rotatable bonds is 4. The van der Waals surface area contributed by atoms with Crippen LogP contribution in [0.4, 0.5) is 0 Å². The summed E-state index contributed by atoms with van der Waals surface area (Å²) in [7, 11) is 0. The first-order valence-corrected chi connectivity index (χ1v) is 9.36. The molecule has 0 radical (unpaired) electrons. The molecule has 0 unspecified atom stereocenters. The molecule has 0 bridgehead atoms. The van der Waals surface area contributed by atoms with E-state index in [1.807, 2.05) is 41.3 Å². The Balaban J connectivity index is 0.00000210. The molecular formula is C21H26ClN3O2. The smallest absolute Gasteiger partial charge is 0.253 e. The van der Waals surface area contributed by atoms with Crippen molar-refractivity contribution in [3.63, 3.8) is 0 Å². The fraction of sp³-hybridized carbons (Fsp3) is 0.429. The van der Waals surface area contributed by atoms with E-state index in [9.17, 15) is 4.79 Å². The Morgan fingerprint density at radius 1 is 1.07 bits per heavy atom. The van der Waals surface area contributed by atoms with Crippen molar-refractivity contribution in [1.29, 1.82) is 0 Å². The van der Waals surface area contributed by atoms with Crippen LogP contribution < -0.4 is 10.1 Å². The maximum Gasteiger partial charge on any atom is 0.253 e. The summed E-state index contributed by atoms with van der Waals surface area (Å²) in [5, 5.41) is 3.47. The van der Waals surface area contributed by atoms with Crippen LogP contribution in [0, 0.1) is 5.41 Å². The number of likely N-dealkylation sites (tertiary alicyclic amines) is 1. The fourth-order valence-corrected chi connectivity index (χ4v) is 3.93. The van der Waals surface area contributed by atoms with Crippen molar-refractivity contribution < 1.29 is 9.53 Å². The number of hydrogen-bond acceptors (Lipinski definition) is 4. The first-order chi connectivity index (χ1) is 12.7. The van der Waals surface area contributed by atoms with Crippen LogP contribution in [0.1, 0.15) is 35.2 Å². The molecular weight excluding hydrogens is 362 g/mol. The van der Waals surface area contributed by atoms with Gasteiger partial charge in [-0.3, -0.25) is 9.78 Å². The predicted molar refractivity (Wildman–Crippen MR) is 107 cm³/mol. The van der Waals surface area contributed by atoms with E-state index in [0.717, 1.165) is 55.9 Å². The van der Waals surface area contributed by atoms with Gasteiger partial charge in [0.2, 0.25) is 0 Å². The highest BCUT2D eigenvalue weighted by Crippen LogP contribution is 2.37. The van der Waals surface area contributed by atoms with Crippen LogP contribution in [-0.4, -0.2) is 42.0 Å². The minimum Gasteiger partial charge on any atom is -0.489 e. The minimum absolute atomic E-state index is 0. The lowest BCUT2D eigenvalue weighted by atomic mass is 9.78. The monoisotopic (exact) mass is 387 g/mol. The Kier molecular flexibility index (Phi) is 6.34. The van der Waals surface area contributed by atoms with Crippen LogP contribution in [-0.2, 0) is 6.61 Å². The van der Waals surface area contributed by atoms with Crippen LogP contribution in [0.3, 0.4) is 0 Å². The van der Waals surface area contributed by atoms with Crippen molar-refractivity contribution in [2.75, 3.05) is 26.2 Å². The van der Waals surface area contributed by atoms with Gasteiger partial charge in [-0.1, -0.05) is 0 Å². The van der Waals surface area contributed by atoms with E-state index in [0.29, 0.717) is 12.0 Å². The van der Waals surface area contributed by atoms with Crippen LogP contribution in [0.15, 0.2) is 48.8 Å². The molecule has 27 heavy (non-hydrogen) atoms. The van der Waals surface area contributed by atoms with Gasteiger partial charge in [0.25, 0.3) is 5.91 Å². The van der Waals surface area contributed by atoms with Gasteiger partial charge in [0, 0.05) is 37.6 Å². The highest BCUT2D eigenvalue weighted by molar-refractivity contribution is 5.94. The quantitative estimate of drug-likeness (QED) is 0.874. The molecule has 1 amide bonds. The second-order valence-corrected chi connectivity index (χ2v) is 7.39. The highest BCUT2D eigenvalue weighted by atomic mass is 35.5. The first kappa shape index (κ1) is 19.6. The largest absolute Gasteiger partial charge is 0.489 e. The van der Waals surface area contributed by atoms with Crippen LogP contribution >= 0.6 is 12.4 Å². The summed E-state index contributed by atoms with van der Waals surface area (Å²) in [6.07, 6.45) is 6.98. The van der Waals surface area contributed by atoms with Gasteiger partial charge in [0.05, 0.1) is 0 Å². The van der Waals surface area contributed by atoms with Crippen LogP contribution in [0.5, 0.6) is 5.75 Å². The number of halogens is 1. The zero-order valence-corrected chi connectivity index (χ0v) is 16.2. The van der Waals surface area contributed by atoms with Gasteiger partial charge in [-0.25, -0.2) is 0 Å². The number of aromatic nitrogens is 1. The minimum atomic E-state index is 0. The van der Waals surface area contributed by atoms with Crippen molar-refractivity contribution in [2.45, 2.75) is 25.9 Å². The summed E-state index contributed by atoms with van der Waals surface area (Å²) in [5.41, 5.74) is 2.24. The molecule has 1 aromatic carbocycles. The summed E-state index contributed by atoms with van der Waals surface area (Å²) in [6, 6.07) is 11.3. The highest BCUT2D eigenvalue weighted by Gasteiger charge is 2.38. The van der Waals surface area contributed by atoms with Gasteiger partial charge < -0.3 is 15.0 Å². The molecule has 2 aromatic rings. The molecule has 1 spiro atoms. The lowest BCUT2D eigenvalue weighted by Crippen LogP contribution is -2.44. The normalized spacial score (nSPS) is 18.1. The van der Waals surface area contributed by atoms with Crippen LogP contribution in [0.2, 0.25) is 0 Å². The Bertz CT molecular complexity index is 736. The Morgan fingerprint density at radius 2 is 1.78 bits per heavy atom. The van der Waals surface area contributed by atoms with E-state index in [1.54, 1.807) is 12.4 Å². The van der Waals surface area contributed by atoms with Crippen molar-refractivity contribution in [2.24, 2.45) is 5.41 Å². The maximum atomic E-state index is 12.8. The summed E-state index contributed by atoms with van der Waals surface area (Å²) >= 11 is 0. The Labute approximate surface area is 166 Å². The number of nitrogens with one attached hydrogen (secondary N) is 1. The molecule has 2 aliphatic heterocycles. The molecule has 0 aliphatic carbocycles. The average Bonchev–Trinajstić information content (AvgIpc) is 3.16. The van der Waals surface area contributed by atoms with E-state index in [-0.39, 0.29) is 18.3 Å². The summed E-state index contributed by atoms with van der Waals surface area (Å²) in [4.78, 5) is 18.8. The number of pyridine rings is 1. The zero-order chi connectivity index (χ0) is 17.8. The van der Waals surface area contributed by atoms with Crippen molar-refractivity contribution in [3.05, 3.63) is 59.9 Å². The molecule has 5 nitrogen and oxygen atoms in total. The van der Waals surface area contributed by atoms with Crippen molar-refractivity contribution in [3.8, 4) is 5.75 Å². The molecule has 2 aliphatic rings. The molecule has 144 valence electrons. The third-order valence-electron chi connectivity index (χ3n) is 5.70. The summed E-state index contributed by atoms with van der Waals surface area (Å²) < 4.78 is 5.78. The number of carbonyl (C=O) groups excluding carboxylic acids is 1. The second-order valence-electron chi connectivity index (χ2n) is 7.39. The third kappa shape index (κ3) is 4.60. The number of amides is 1. The van der Waals surface area contributed by atoms with Gasteiger partial charge in [0.1, 0.15) is 12.4 Å². The fourth-order valence-electron chi connectivity index (χ4n) is 3.93. The average molecular weight is 388 g/mol. The molecule has 2 saturated heterocycles. The lowest BCUT2D eigenvalue weighted by molar-refractivity contribution is 0.0607. The maximum absolute atomic E-state index is 12.8. The third-order valence-corrected chi connectivity index (χ3v) is 5.70. The van der Waals surface area contributed by atoms with Gasteiger partial charge in [-0.15, -0.1) is 12.4 Å². The SMILES string of the molecule is Cl.O=C(c1ccc(OCc2ccncc2)cc1)N1CCC2(CCNC2)CC1. The van der Waals surface area contributed by atoms with Gasteiger partial charge >= 0.3 is 0 Å². The zero-order valence-electron chi connectivity index (χ0n) is 15.4. The van der Waals surface area contributed by atoms with E-state index < -0.39 is 0 Å². The van der Waals surface area contributed by atoms with Gasteiger partial charge in [0.15, 0.2) is 0 Å². The van der Waals surface area contributed by atoms with E-state index in [1.165, 1.54) is 6.42 Å². The molecule has 0 atom stereocenters. The van der Waals surface area contributed by atoms with E-state index >= 15 is 0 Å². The number of ether oxygens (including phenoxy) is 1. The predicted octanol–water partition coefficient (Wildman–Crippen LogP) is 3.30. The number of benzene rings is 1. The molecule has 4 rings (SSSR count). The van der Waals surface area contributed by atoms with Crippen molar-refractivity contribution in [1.82, 2.24) is 15.2 Å². The molecule has 3 heterocycles. The number of nitrogens with zero attached hydrogens (tertiary/aromatic N) is 2. The lowest BCUT2D eigenvalue weighted by Gasteiger charge is -2.38. The number of hydrogen-bond donors (Lipinski definition) is 1. The molecule has 1 aromatic heterocycles. The Hall–Kier alpha value is -2.11. The molecule has 0 saturated carbocycles. The topological polar surface area (TPSA) is 54.5 Å². The van der Waals surface area contributed by atoms with Crippen LogP contribution in [0.25, 0.3) is 0 Å². The number of carbonyl (C=O) groups is 1. The molecule has 2 fully saturated rings. The standard InChI is InChI=1S/C21H25N3O2.ClH/c25-20(24-13-8-21(9-14-24)7-12-23-16-21)18-1-3-19(4-2-18)26-15-17-5-10-22-11-6-17;/h1-6,10-11,23H,7-9,12-16H2;1H.